The molecule has 5 nitrogen and oxygen atoms in total. The quantitative estimate of drug-likeness (QED) is 0.526. The predicted molar refractivity (Wildman–Crippen MR) is 83.4 cm³/mol. The summed E-state index contributed by atoms with van der Waals surface area (Å²) in [4.78, 5) is 6.03. The first-order chi connectivity index (χ1) is 9.87. The number of hydrogen-bond donors (Lipinski definition) is 1. The van der Waals surface area contributed by atoms with Crippen LogP contribution >= 0.6 is 23.2 Å². The fraction of sp³-hybridized carbons (Fsp3) is 0.0769. The molecule has 1 aromatic heterocycles. The average molecular weight is 344 g/mol. The SMILES string of the molecule is Cc1ccc(S(=O)(=O)N/N=C\c2cc(Cl)nc(Cl)c2)cc1. The summed E-state index contributed by atoms with van der Waals surface area (Å²) in [6.07, 6.45) is 1.30. The Balaban J connectivity index is 2.14. The smallest absolute Gasteiger partial charge is 0.224 e. The van der Waals surface area contributed by atoms with Crippen molar-refractivity contribution in [2.45, 2.75) is 11.8 Å². The first kappa shape index (κ1) is 15.8. The Morgan fingerprint density at radius 2 is 1.71 bits per heavy atom. The van der Waals surface area contributed by atoms with Gasteiger partial charge in [0.25, 0.3) is 10.0 Å². The van der Waals surface area contributed by atoms with Crippen LogP contribution in [-0.2, 0) is 10.0 Å². The second kappa shape index (κ2) is 6.43. The number of pyridine rings is 1. The van der Waals surface area contributed by atoms with E-state index in [2.05, 4.69) is 14.9 Å². The molecule has 0 fully saturated rings. The Bertz CT molecular complexity index is 754. The zero-order chi connectivity index (χ0) is 15.5. The molecule has 0 saturated heterocycles. The van der Waals surface area contributed by atoms with Gasteiger partial charge in [0.05, 0.1) is 11.1 Å². The van der Waals surface area contributed by atoms with Crippen LogP contribution in [0.4, 0.5) is 0 Å². The van der Waals surface area contributed by atoms with Crippen LogP contribution in [0.5, 0.6) is 0 Å². The molecule has 21 heavy (non-hydrogen) atoms. The number of rotatable bonds is 4. The van der Waals surface area contributed by atoms with Gasteiger partial charge in [0, 0.05) is 5.56 Å². The standard InChI is InChI=1S/C13H11Cl2N3O2S/c1-9-2-4-11(5-3-9)21(19,20)18-16-8-10-6-12(14)17-13(15)7-10/h2-8,18H,1H3/b16-8-. The van der Waals surface area contributed by atoms with E-state index in [-0.39, 0.29) is 15.2 Å². The van der Waals surface area contributed by atoms with E-state index in [1.807, 2.05) is 6.92 Å². The minimum Gasteiger partial charge on any atom is -0.224 e. The third-order valence-electron chi connectivity index (χ3n) is 2.50. The normalized spacial score (nSPS) is 11.8. The van der Waals surface area contributed by atoms with Crippen LogP contribution in [0.3, 0.4) is 0 Å². The molecule has 0 unspecified atom stereocenters. The number of nitrogens with zero attached hydrogens (tertiary/aromatic N) is 2. The van der Waals surface area contributed by atoms with E-state index in [4.69, 9.17) is 23.2 Å². The van der Waals surface area contributed by atoms with Crippen LogP contribution in [-0.4, -0.2) is 19.6 Å². The lowest BCUT2D eigenvalue weighted by Gasteiger charge is -2.03. The van der Waals surface area contributed by atoms with E-state index in [1.165, 1.54) is 30.5 Å². The molecule has 0 aliphatic heterocycles. The van der Waals surface area contributed by atoms with Crippen molar-refractivity contribution in [3.05, 3.63) is 57.8 Å². The molecule has 1 heterocycles. The molecule has 0 aliphatic rings. The lowest BCUT2D eigenvalue weighted by atomic mass is 10.2. The van der Waals surface area contributed by atoms with Gasteiger partial charge in [-0.15, -0.1) is 0 Å². The highest BCUT2D eigenvalue weighted by molar-refractivity contribution is 7.89. The first-order valence-corrected chi connectivity index (χ1v) is 8.05. The van der Waals surface area contributed by atoms with E-state index in [0.717, 1.165) is 5.56 Å². The fourth-order valence-corrected chi connectivity index (χ4v) is 2.77. The van der Waals surface area contributed by atoms with E-state index in [1.54, 1.807) is 12.1 Å². The zero-order valence-corrected chi connectivity index (χ0v) is 13.2. The molecule has 1 aromatic carbocycles. The summed E-state index contributed by atoms with van der Waals surface area (Å²) >= 11 is 11.5. The number of nitrogens with one attached hydrogen (secondary N) is 1. The third-order valence-corrected chi connectivity index (χ3v) is 4.13. The van der Waals surface area contributed by atoms with Gasteiger partial charge < -0.3 is 0 Å². The van der Waals surface area contributed by atoms with Gasteiger partial charge in [0.2, 0.25) is 0 Å². The van der Waals surface area contributed by atoms with Crippen molar-refractivity contribution in [1.29, 1.82) is 0 Å². The van der Waals surface area contributed by atoms with Crippen LogP contribution < -0.4 is 4.83 Å². The Morgan fingerprint density at radius 3 is 2.29 bits per heavy atom. The average Bonchev–Trinajstić information content (AvgIpc) is 2.37. The molecule has 0 amide bonds. The number of benzene rings is 1. The van der Waals surface area contributed by atoms with E-state index in [0.29, 0.717) is 5.56 Å². The predicted octanol–water partition coefficient (Wildman–Crippen LogP) is 3.01. The summed E-state index contributed by atoms with van der Waals surface area (Å²) < 4.78 is 24.0. The minimum atomic E-state index is -3.70. The lowest BCUT2D eigenvalue weighted by molar-refractivity contribution is 0.584. The molecule has 2 rings (SSSR count). The van der Waals surface area contributed by atoms with Crippen molar-refractivity contribution in [1.82, 2.24) is 9.82 Å². The molecule has 0 radical (unpaired) electrons. The summed E-state index contributed by atoms with van der Waals surface area (Å²) in [5.74, 6) is 0. The molecular weight excluding hydrogens is 333 g/mol. The van der Waals surface area contributed by atoms with E-state index in [9.17, 15) is 8.42 Å². The van der Waals surface area contributed by atoms with Crippen LogP contribution in [0.25, 0.3) is 0 Å². The Kier molecular flexibility index (Phi) is 4.82. The monoisotopic (exact) mass is 343 g/mol. The van der Waals surface area contributed by atoms with E-state index >= 15 is 0 Å². The number of aryl methyl sites for hydroxylation is 1. The summed E-state index contributed by atoms with van der Waals surface area (Å²) in [6.45, 7) is 1.87. The molecule has 0 spiro atoms. The van der Waals surface area contributed by atoms with Crippen molar-refractivity contribution >= 4 is 39.4 Å². The molecule has 1 N–H and O–H groups in total. The minimum absolute atomic E-state index is 0.135. The third kappa shape index (κ3) is 4.42. The van der Waals surface area contributed by atoms with E-state index < -0.39 is 10.0 Å². The maximum Gasteiger partial charge on any atom is 0.276 e. The summed E-state index contributed by atoms with van der Waals surface area (Å²) in [5.41, 5.74) is 1.50. The topological polar surface area (TPSA) is 71.4 Å². The van der Waals surface area contributed by atoms with Crippen molar-refractivity contribution in [2.75, 3.05) is 0 Å². The molecule has 0 aliphatic carbocycles. The van der Waals surface area contributed by atoms with Crippen molar-refractivity contribution in [3.8, 4) is 0 Å². The van der Waals surface area contributed by atoms with Gasteiger partial charge in [-0.05, 0) is 31.2 Å². The van der Waals surface area contributed by atoms with Crippen LogP contribution in [0.2, 0.25) is 10.3 Å². The number of hydrazone groups is 1. The molecule has 110 valence electrons. The molecule has 2 aromatic rings. The van der Waals surface area contributed by atoms with Crippen molar-refractivity contribution < 1.29 is 8.42 Å². The highest BCUT2D eigenvalue weighted by Gasteiger charge is 2.11. The summed E-state index contributed by atoms with van der Waals surface area (Å²) in [5, 5.41) is 4.09. The highest BCUT2D eigenvalue weighted by Crippen LogP contribution is 2.13. The molecule has 0 atom stereocenters. The molecular formula is C13H11Cl2N3O2S. The Labute approximate surface area is 132 Å². The number of halogens is 2. The van der Waals surface area contributed by atoms with Gasteiger partial charge in [-0.2, -0.15) is 13.5 Å². The second-order valence-corrected chi connectivity index (χ2v) is 6.65. The molecule has 8 heteroatoms. The second-order valence-electron chi connectivity index (χ2n) is 4.21. The maximum atomic E-state index is 12.0. The largest absolute Gasteiger partial charge is 0.276 e. The summed E-state index contributed by atoms with van der Waals surface area (Å²) in [6, 6.07) is 9.45. The summed E-state index contributed by atoms with van der Waals surface area (Å²) in [7, 11) is -3.70. The lowest BCUT2D eigenvalue weighted by Crippen LogP contribution is -2.18. The zero-order valence-electron chi connectivity index (χ0n) is 10.9. The van der Waals surface area contributed by atoms with Gasteiger partial charge in [-0.25, -0.2) is 9.82 Å². The molecule has 0 bridgehead atoms. The van der Waals surface area contributed by atoms with Crippen molar-refractivity contribution in [2.24, 2.45) is 5.10 Å². The van der Waals surface area contributed by atoms with Gasteiger partial charge in [-0.1, -0.05) is 40.9 Å². The number of hydrogen-bond acceptors (Lipinski definition) is 4. The van der Waals surface area contributed by atoms with Gasteiger partial charge in [-0.3, -0.25) is 0 Å². The fourth-order valence-electron chi connectivity index (χ4n) is 1.50. The Morgan fingerprint density at radius 1 is 1.14 bits per heavy atom. The van der Waals surface area contributed by atoms with Gasteiger partial charge in [0.1, 0.15) is 10.3 Å². The Hall–Kier alpha value is -1.63. The number of aromatic nitrogens is 1. The molecule has 0 saturated carbocycles. The number of sulfonamides is 1. The first-order valence-electron chi connectivity index (χ1n) is 5.81. The van der Waals surface area contributed by atoms with Crippen LogP contribution in [0, 0.1) is 6.92 Å². The van der Waals surface area contributed by atoms with Crippen LogP contribution in [0.1, 0.15) is 11.1 Å². The van der Waals surface area contributed by atoms with Gasteiger partial charge in [0.15, 0.2) is 0 Å². The van der Waals surface area contributed by atoms with Crippen LogP contribution in [0.15, 0.2) is 46.4 Å². The maximum absolute atomic E-state index is 12.0. The van der Waals surface area contributed by atoms with Crippen molar-refractivity contribution in [3.63, 3.8) is 0 Å². The van der Waals surface area contributed by atoms with Gasteiger partial charge >= 0.3 is 0 Å². The highest BCUT2D eigenvalue weighted by atomic mass is 35.5.